The zero-order valence-corrected chi connectivity index (χ0v) is 14.2. The molecule has 2 heterocycles. The molecule has 4 heteroatoms. The van der Waals surface area contributed by atoms with E-state index in [1.165, 1.54) is 15.6 Å². The molecule has 0 saturated carbocycles. The van der Waals surface area contributed by atoms with Crippen LogP contribution in [-0.4, -0.2) is 16.0 Å². The number of pyridine rings is 1. The lowest BCUT2D eigenvalue weighted by atomic mass is 10.1. The zero-order chi connectivity index (χ0) is 15.2. The predicted octanol–water partition coefficient (Wildman–Crippen LogP) is 3.83. The molecular weight excluding hydrogens is 278 g/mol. The summed E-state index contributed by atoms with van der Waals surface area (Å²) in [6, 6.07) is 6.55. The fraction of sp³-hybridized carbons (Fsp3) is 0.529. The van der Waals surface area contributed by atoms with Crippen LogP contribution in [0.25, 0.3) is 0 Å². The maximum atomic E-state index is 4.86. The molecule has 0 aliphatic rings. The molecule has 0 atom stereocenters. The second-order valence-corrected chi connectivity index (χ2v) is 7.28. The smallest absolute Gasteiger partial charge is 0.0991 e. The fourth-order valence-electron chi connectivity index (χ4n) is 2.15. The number of hydrogen-bond donors (Lipinski definition) is 1. The van der Waals surface area contributed by atoms with Crippen LogP contribution in [0.2, 0.25) is 0 Å². The minimum atomic E-state index is 0.498. The van der Waals surface area contributed by atoms with E-state index in [1.54, 1.807) is 0 Å². The van der Waals surface area contributed by atoms with E-state index in [1.807, 2.05) is 29.7 Å². The lowest BCUT2D eigenvalue weighted by Gasteiger charge is -2.08. The van der Waals surface area contributed by atoms with E-state index in [0.29, 0.717) is 12.0 Å². The Kier molecular flexibility index (Phi) is 5.88. The third-order valence-corrected chi connectivity index (χ3v) is 4.25. The summed E-state index contributed by atoms with van der Waals surface area (Å²) in [4.78, 5) is 10.6. The Hall–Kier alpha value is -1.26. The van der Waals surface area contributed by atoms with Crippen LogP contribution in [0.3, 0.4) is 0 Å². The molecule has 3 nitrogen and oxygen atoms in total. The van der Waals surface area contributed by atoms with Gasteiger partial charge in [-0.25, -0.2) is 4.98 Å². The number of thiazole rings is 1. The van der Waals surface area contributed by atoms with Crippen LogP contribution in [0, 0.1) is 5.92 Å². The molecule has 0 fully saturated rings. The number of rotatable bonds is 7. The third-order valence-electron chi connectivity index (χ3n) is 3.15. The second-order valence-electron chi connectivity index (χ2n) is 6.11. The van der Waals surface area contributed by atoms with Gasteiger partial charge in [-0.1, -0.05) is 33.8 Å². The van der Waals surface area contributed by atoms with Gasteiger partial charge in [-0.3, -0.25) is 4.98 Å². The first kappa shape index (κ1) is 16.1. The monoisotopic (exact) mass is 303 g/mol. The Morgan fingerprint density at radius 1 is 1.19 bits per heavy atom. The fourth-order valence-corrected chi connectivity index (χ4v) is 3.21. The topological polar surface area (TPSA) is 37.8 Å². The second kappa shape index (κ2) is 7.66. The average Bonchev–Trinajstić information content (AvgIpc) is 2.78. The van der Waals surface area contributed by atoms with Crippen LogP contribution in [0.5, 0.6) is 0 Å². The third kappa shape index (κ3) is 5.21. The molecule has 0 amide bonds. The summed E-state index contributed by atoms with van der Waals surface area (Å²) in [5.74, 6) is 0.632. The van der Waals surface area contributed by atoms with Crippen LogP contribution in [0.1, 0.15) is 49.0 Å². The van der Waals surface area contributed by atoms with Crippen molar-refractivity contribution < 1.29 is 0 Å². The van der Waals surface area contributed by atoms with E-state index < -0.39 is 0 Å². The predicted molar refractivity (Wildman–Crippen MR) is 89.7 cm³/mol. The molecule has 114 valence electrons. The highest BCUT2D eigenvalue weighted by Crippen LogP contribution is 2.23. The van der Waals surface area contributed by atoms with Gasteiger partial charge < -0.3 is 5.32 Å². The van der Waals surface area contributed by atoms with E-state index in [4.69, 9.17) is 4.98 Å². The summed E-state index contributed by atoms with van der Waals surface area (Å²) in [7, 11) is 0. The molecule has 2 aromatic heterocycles. The first-order valence-corrected chi connectivity index (χ1v) is 8.47. The van der Waals surface area contributed by atoms with Gasteiger partial charge in [0.15, 0.2) is 0 Å². The van der Waals surface area contributed by atoms with Crippen molar-refractivity contribution in [2.45, 2.75) is 53.1 Å². The van der Waals surface area contributed by atoms with Crippen molar-refractivity contribution in [2.75, 3.05) is 0 Å². The van der Waals surface area contributed by atoms with Gasteiger partial charge in [-0.05, 0) is 24.5 Å². The first-order valence-electron chi connectivity index (χ1n) is 7.65. The van der Waals surface area contributed by atoms with E-state index in [9.17, 15) is 0 Å². The van der Waals surface area contributed by atoms with Gasteiger partial charge >= 0.3 is 0 Å². The maximum Gasteiger partial charge on any atom is 0.0991 e. The zero-order valence-electron chi connectivity index (χ0n) is 13.4. The highest BCUT2D eigenvalue weighted by atomic mass is 32.1. The Balaban J connectivity index is 2.14. The molecule has 2 aromatic rings. The van der Waals surface area contributed by atoms with Gasteiger partial charge in [0, 0.05) is 35.8 Å². The largest absolute Gasteiger partial charge is 0.310 e. The maximum absolute atomic E-state index is 4.86. The van der Waals surface area contributed by atoms with Gasteiger partial charge in [0.2, 0.25) is 0 Å². The molecule has 0 aliphatic carbocycles. The minimum Gasteiger partial charge on any atom is -0.310 e. The summed E-state index contributed by atoms with van der Waals surface area (Å²) in [5, 5.41) is 4.68. The minimum absolute atomic E-state index is 0.498. The highest BCUT2D eigenvalue weighted by Gasteiger charge is 2.13. The molecule has 21 heavy (non-hydrogen) atoms. The van der Waals surface area contributed by atoms with E-state index >= 15 is 0 Å². The number of hydrogen-bond acceptors (Lipinski definition) is 4. The SMILES string of the molecule is CC(C)Cc1nc(Cc2ccccn2)sc1CNC(C)C. The van der Waals surface area contributed by atoms with Crippen molar-refractivity contribution in [3.8, 4) is 0 Å². The van der Waals surface area contributed by atoms with Crippen LogP contribution >= 0.6 is 11.3 Å². The Morgan fingerprint density at radius 3 is 2.62 bits per heavy atom. The standard InChI is InChI=1S/C17H25N3S/c1-12(2)9-15-16(11-19-13(3)4)21-17(20-15)10-14-7-5-6-8-18-14/h5-8,12-13,19H,9-11H2,1-4H3. The van der Waals surface area contributed by atoms with Crippen LogP contribution in [0.4, 0.5) is 0 Å². The van der Waals surface area contributed by atoms with Gasteiger partial charge in [0.05, 0.1) is 10.7 Å². The van der Waals surface area contributed by atoms with Crippen molar-refractivity contribution in [3.63, 3.8) is 0 Å². The molecule has 0 saturated heterocycles. The van der Waals surface area contributed by atoms with Crippen LogP contribution < -0.4 is 5.32 Å². The van der Waals surface area contributed by atoms with Crippen molar-refractivity contribution in [1.29, 1.82) is 0 Å². The van der Waals surface area contributed by atoms with Gasteiger partial charge in [-0.2, -0.15) is 0 Å². The van der Waals surface area contributed by atoms with Crippen molar-refractivity contribution in [2.24, 2.45) is 5.92 Å². The van der Waals surface area contributed by atoms with Gasteiger partial charge in [0.25, 0.3) is 0 Å². The first-order chi connectivity index (χ1) is 10.0. The van der Waals surface area contributed by atoms with Crippen molar-refractivity contribution >= 4 is 11.3 Å². The molecule has 0 unspecified atom stereocenters. The van der Waals surface area contributed by atoms with Gasteiger partial charge in [-0.15, -0.1) is 11.3 Å². The molecule has 0 bridgehead atoms. The van der Waals surface area contributed by atoms with Crippen molar-refractivity contribution in [1.82, 2.24) is 15.3 Å². The van der Waals surface area contributed by atoms with Gasteiger partial charge in [0.1, 0.15) is 0 Å². The lowest BCUT2D eigenvalue weighted by Crippen LogP contribution is -2.22. The number of aromatic nitrogens is 2. The van der Waals surface area contributed by atoms with Crippen LogP contribution in [0.15, 0.2) is 24.4 Å². The average molecular weight is 303 g/mol. The Labute approximate surface area is 131 Å². The normalized spacial score (nSPS) is 11.5. The summed E-state index contributed by atoms with van der Waals surface area (Å²) in [6.07, 6.45) is 3.73. The summed E-state index contributed by atoms with van der Waals surface area (Å²) in [6.45, 7) is 9.77. The molecule has 0 aromatic carbocycles. The van der Waals surface area contributed by atoms with Crippen LogP contribution in [-0.2, 0) is 19.4 Å². The van der Waals surface area contributed by atoms with E-state index in [-0.39, 0.29) is 0 Å². The number of nitrogens with zero attached hydrogens (tertiary/aromatic N) is 2. The van der Waals surface area contributed by atoms with Crippen molar-refractivity contribution in [3.05, 3.63) is 45.7 Å². The van der Waals surface area contributed by atoms with E-state index in [2.05, 4.69) is 44.1 Å². The summed E-state index contributed by atoms with van der Waals surface area (Å²) < 4.78 is 0. The lowest BCUT2D eigenvalue weighted by molar-refractivity contribution is 0.581. The number of nitrogens with one attached hydrogen (secondary N) is 1. The highest BCUT2D eigenvalue weighted by molar-refractivity contribution is 7.11. The molecule has 0 spiro atoms. The quantitative estimate of drug-likeness (QED) is 0.845. The molecule has 0 radical (unpaired) electrons. The van der Waals surface area contributed by atoms with E-state index in [0.717, 1.165) is 25.1 Å². The Bertz CT molecular complexity index is 546. The Morgan fingerprint density at radius 2 is 2.00 bits per heavy atom. The summed E-state index contributed by atoms with van der Waals surface area (Å²) >= 11 is 1.82. The summed E-state index contributed by atoms with van der Waals surface area (Å²) in [5.41, 5.74) is 2.35. The molecule has 0 aliphatic heterocycles. The molecule has 1 N–H and O–H groups in total. The molecule has 2 rings (SSSR count). The molecular formula is C17H25N3S.